The minimum atomic E-state index is -1.14. The van der Waals surface area contributed by atoms with Gasteiger partial charge in [-0.1, -0.05) is 0 Å². The predicted octanol–water partition coefficient (Wildman–Crippen LogP) is 0.393. The van der Waals surface area contributed by atoms with Gasteiger partial charge in [0.1, 0.15) is 6.54 Å². The number of aliphatic carboxylic acids is 1. The van der Waals surface area contributed by atoms with Gasteiger partial charge in [-0.2, -0.15) is 0 Å². The Morgan fingerprint density at radius 3 is 2.27 bits per heavy atom. The van der Waals surface area contributed by atoms with E-state index in [0.29, 0.717) is 5.69 Å². The van der Waals surface area contributed by atoms with Crippen molar-refractivity contribution in [3.8, 4) is 0 Å². The van der Waals surface area contributed by atoms with Crippen molar-refractivity contribution in [3.63, 3.8) is 0 Å². The second kappa shape index (κ2) is 8.40. The van der Waals surface area contributed by atoms with E-state index in [4.69, 9.17) is 5.11 Å². The van der Waals surface area contributed by atoms with Crippen molar-refractivity contribution in [3.05, 3.63) is 29.8 Å². The van der Waals surface area contributed by atoms with Crippen molar-refractivity contribution in [1.82, 2.24) is 5.32 Å². The number of carbonyl (C=O) groups excluding carboxylic acids is 3. The first kappa shape index (κ1) is 17.2. The first-order valence-corrected chi connectivity index (χ1v) is 6.39. The summed E-state index contributed by atoms with van der Waals surface area (Å²) in [5.74, 6) is -2.48. The van der Waals surface area contributed by atoms with E-state index in [-0.39, 0.29) is 24.3 Å². The molecular formula is C14H16N2O6. The molecule has 22 heavy (non-hydrogen) atoms. The van der Waals surface area contributed by atoms with Crippen LogP contribution in [0.25, 0.3) is 0 Å². The lowest BCUT2D eigenvalue weighted by Gasteiger charge is -2.06. The first-order valence-electron chi connectivity index (χ1n) is 6.39. The number of hydrogen-bond donors (Lipinski definition) is 3. The van der Waals surface area contributed by atoms with Crippen LogP contribution >= 0.6 is 0 Å². The van der Waals surface area contributed by atoms with Crippen LogP contribution in [0.15, 0.2) is 24.3 Å². The lowest BCUT2D eigenvalue weighted by atomic mass is 10.2. The third-order valence-electron chi connectivity index (χ3n) is 2.61. The van der Waals surface area contributed by atoms with Crippen LogP contribution < -0.4 is 10.6 Å². The van der Waals surface area contributed by atoms with Crippen LogP contribution in [0.1, 0.15) is 23.2 Å². The Bertz CT molecular complexity index is 567. The number of ether oxygens (including phenoxy) is 1. The molecule has 1 aromatic carbocycles. The maximum absolute atomic E-state index is 11.6. The van der Waals surface area contributed by atoms with Crippen molar-refractivity contribution in [1.29, 1.82) is 0 Å². The first-order chi connectivity index (χ1) is 10.4. The second-order valence-electron chi connectivity index (χ2n) is 4.28. The van der Waals surface area contributed by atoms with Crippen molar-refractivity contribution in [2.24, 2.45) is 0 Å². The summed E-state index contributed by atoms with van der Waals surface area (Å²) in [5, 5.41) is 13.3. The average Bonchev–Trinajstić information content (AvgIpc) is 2.50. The second-order valence-corrected chi connectivity index (χ2v) is 4.28. The molecule has 3 N–H and O–H groups in total. The normalized spacial score (nSPS) is 9.68. The van der Waals surface area contributed by atoms with E-state index >= 15 is 0 Å². The van der Waals surface area contributed by atoms with Gasteiger partial charge in [-0.3, -0.25) is 19.2 Å². The van der Waals surface area contributed by atoms with Crippen LogP contribution in [-0.2, 0) is 19.1 Å². The third-order valence-corrected chi connectivity index (χ3v) is 2.61. The Morgan fingerprint density at radius 2 is 1.73 bits per heavy atom. The molecule has 0 aliphatic carbocycles. The molecule has 118 valence electrons. The maximum Gasteiger partial charge on any atom is 0.322 e. The molecule has 0 bridgehead atoms. The fourth-order valence-corrected chi connectivity index (χ4v) is 1.50. The largest absolute Gasteiger partial charge is 0.480 e. The average molecular weight is 308 g/mol. The van der Waals surface area contributed by atoms with Gasteiger partial charge in [0.2, 0.25) is 5.91 Å². The molecule has 0 aromatic heterocycles. The Labute approximate surface area is 126 Å². The summed E-state index contributed by atoms with van der Waals surface area (Å²) < 4.78 is 4.43. The number of rotatable bonds is 7. The predicted molar refractivity (Wildman–Crippen MR) is 76.3 cm³/mol. The fourth-order valence-electron chi connectivity index (χ4n) is 1.50. The molecule has 8 heteroatoms. The molecule has 0 heterocycles. The van der Waals surface area contributed by atoms with Crippen LogP contribution in [0, 0.1) is 0 Å². The third kappa shape index (κ3) is 6.04. The highest BCUT2D eigenvalue weighted by atomic mass is 16.5. The number of benzene rings is 1. The SMILES string of the molecule is COC(=O)CCC(=O)Nc1ccc(C(=O)NCC(=O)O)cc1. The van der Waals surface area contributed by atoms with Gasteiger partial charge in [-0.15, -0.1) is 0 Å². The smallest absolute Gasteiger partial charge is 0.322 e. The maximum atomic E-state index is 11.6. The fraction of sp³-hybridized carbons (Fsp3) is 0.286. The summed E-state index contributed by atoms with van der Waals surface area (Å²) >= 11 is 0. The molecule has 0 saturated heterocycles. The molecule has 0 fully saturated rings. The van der Waals surface area contributed by atoms with E-state index in [1.165, 1.54) is 31.4 Å². The number of carboxylic acids is 1. The molecule has 1 aromatic rings. The van der Waals surface area contributed by atoms with Crippen LogP contribution in [-0.4, -0.2) is 42.5 Å². The Balaban J connectivity index is 2.50. The lowest BCUT2D eigenvalue weighted by molar-refractivity contribution is -0.141. The number of carbonyl (C=O) groups is 4. The highest BCUT2D eigenvalue weighted by molar-refractivity contribution is 5.97. The van der Waals surface area contributed by atoms with E-state index in [1.54, 1.807) is 0 Å². The summed E-state index contributed by atoms with van der Waals surface area (Å²) in [7, 11) is 1.24. The molecule has 0 aliphatic heterocycles. The van der Waals surface area contributed by atoms with Crippen LogP contribution in [0.4, 0.5) is 5.69 Å². The van der Waals surface area contributed by atoms with Gasteiger partial charge < -0.3 is 20.5 Å². The van der Waals surface area contributed by atoms with Gasteiger partial charge in [0.15, 0.2) is 0 Å². The molecule has 8 nitrogen and oxygen atoms in total. The molecule has 0 spiro atoms. The molecule has 0 saturated carbocycles. The van der Waals surface area contributed by atoms with E-state index in [2.05, 4.69) is 15.4 Å². The van der Waals surface area contributed by atoms with Gasteiger partial charge in [0.25, 0.3) is 5.91 Å². The molecule has 0 radical (unpaired) electrons. The number of methoxy groups -OCH3 is 1. The standard InChI is InChI=1S/C14H16N2O6/c1-22-13(20)7-6-11(17)16-10-4-2-9(3-5-10)14(21)15-8-12(18)19/h2-5H,6-8H2,1H3,(H,15,21)(H,16,17)(H,18,19). The highest BCUT2D eigenvalue weighted by Crippen LogP contribution is 2.10. The van der Waals surface area contributed by atoms with Crippen LogP contribution in [0.3, 0.4) is 0 Å². The van der Waals surface area contributed by atoms with E-state index < -0.39 is 24.4 Å². The Kier molecular flexibility index (Phi) is 6.55. The van der Waals surface area contributed by atoms with Crippen LogP contribution in [0.2, 0.25) is 0 Å². The number of esters is 1. The summed E-state index contributed by atoms with van der Waals surface area (Å²) in [6, 6.07) is 5.91. The van der Waals surface area contributed by atoms with Crippen LogP contribution in [0.5, 0.6) is 0 Å². The molecular weight excluding hydrogens is 292 g/mol. The van der Waals surface area contributed by atoms with Gasteiger partial charge in [-0.05, 0) is 24.3 Å². The molecule has 0 unspecified atom stereocenters. The quantitative estimate of drug-likeness (QED) is 0.626. The zero-order valence-electron chi connectivity index (χ0n) is 11.9. The minimum absolute atomic E-state index is 0.00643. The van der Waals surface area contributed by atoms with Crippen molar-refractivity contribution in [2.45, 2.75) is 12.8 Å². The van der Waals surface area contributed by atoms with Gasteiger partial charge >= 0.3 is 11.9 Å². The van der Waals surface area contributed by atoms with Crippen molar-refractivity contribution < 1.29 is 29.0 Å². The molecule has 0 atom stereocenters. The summed E-state index contributed by atoms with van der Waals surface area (Å²) in [5.41, 5.74) is 0.735. The monoisotopic (exact) mass is 308 g/mol. The number of carboxylic acid groups (broad SMARTS) is 1. The zero-order chi connectivity index (χ0) is 16.5. The summed E-state index contributed by atoms with van der Waals surface area (Å²) in [6.07, 6.45) is -0.0223. The van der Waals surface area contributed by atoms with Crippen molar-refractivity contribution in [2.75, 3.05) is 19.0 Å². The number of amides is 2. The molecule has 1 rings (SSSR count). The minimum Gasteiger partial charge on any atom is -0.480 e. The number of anilines is 1. The van der Waals surface area contributed by atoms with Gasteiger partial charge in [-0.25, -0.2) is 0 Å². The number of hydrogen-bond acceptors (Lipinski definition) is 5. The molecule has 0 aliphatic rings. The topological polar surface area (TPSA) is 122 Å². The zero-order valence-corrected chi connectivity index (χ0v) is 11.9. The lowest BCUT2D eigenvalue weighted by Crippen LogP contribution is -2.29. The number of nitrogens with one attached hydrogen (secondary N) is 2. The van der Waals surface area contributed by atoms with Gasteiger partial charge in [0.05, 0.1) is 13.5 Å². The summed E-state index contributed by atoms with van der Waals surface area (Å²) in [6.45, 7) is -0.467. The van der Waals surface area contributed by atoms with E-state index in [9.17, 15) is 19.2 Å². The van der Waals surface area contributed by atoms with Crippen molar-refractivity contribution >= 4 is 29.4 Å². The molecule has 2 amide bonds. The Morgan fingerprint density at radius 1 is 1.09 bits per heavy atom. The van der Waals surface area contributed by atoms with E-state index in [0.717, 1.165) is 0 Å². The highest BCUT2D eigenvalue weighted by Gasteiger charge is 2.09. The van der Waals surface area contributed by atoms with Gasteiger partial charge in [0, 0.05) is 17.7 Å². The van der Waals surface area contributed by atoms with E-state index in [1.807, 2.05) is 0 Å². The summed E-state index contributed by atoms with van der Waals surface area (Å²) in [4.78, 5) is 44.4. The Hall–Kier alpha value is -2.90.